The normalized spacial score (nSPS) is 11.2. The van der Waals surface area contributed by atoms with Crippen molar-refractivity contribution in [3.8, 4) is 17.0 Å². The lowest BCUT2D eigenvalue weighted by Crippen LogP contribution is -2.13. The van der Waals surface area contributed by atoms with Crippen LogP contribution in [0.1, 0.15) is 35.3 Å². The van der Waals surface area contributed by atoms with E-state index in [0.717, 1.165) is 16.5 Å². The Bertz CT molecular complexity index is 1010. The Hall–Kier alpha value is -2.59. The van der Waals surface area contributed by atoms with Gasteiger partial charge in [0.1, 0.15) is 5.56 Å². The Balaban J connectivity index is 2.51. The zero-order valence-corrected chi connectivity index (χ0v) is 15.9. The molecule has 0 aliphatic heterocycles. The zero-order chi connectivity index (χ0) is 19.0. The second-order valence-corrected chi connectivity index (χ2v) is 6.98. The number of pyridine rings is 1. The summed E-state index contributed by atoms with van der Waals surface area (Å²) in [6.45, 7) is 7.67. The molecule has 0 bridgehead atoms. The summed E-state index contributed by atoms with van der Waals surface area (Å²) < 4.78 is 5.75. The van der Waals surface area contributed by atoms with Crippen LogP contribution in [0.2, 0.25) is 5.02 Å². The number of carbonyl (C=O) groups is 1. The summed E-state index contributed by atoms with van der Waals surface area (Å²) in [5, 5.41) is 11.2. The molecule has 1 heterocycles. The third-order valence-corrected chi connectivity index (χ3v) is 4.60. The number of carboxylic acids is 1. The van der Waals surface area contributed by atoms with Gasteiger partial charge in [0.05, 0.1) is 11.6 Å². The van der Waals surface area contributed by atoms with Gasteiger partial charge < -0.3 is 9.84 Å². The van der Waals surface area contributed by atoms with Crippen LogP contribution in [-0.4, -0.2) is 22.2 Å². The number of benzene rings is 2. The molecular weight excluding hydrogens is 350 g/mol. The highest BCUT2D eigenvalue weighted by Crippen LogP contribution is 2.40. The van der Waals surface area contributed by atoms with E-state index in [2.05, 4.69) is 4.98 Å². The maximum Gasteiger partial charge on any atom is 0.341 e. The van der Waals surface area contributed by atoms with E-state index < -0.39 is 5.97 Å². The largest absolute Gasteiger partial charge is 0.477 e. The molecule has 3 rings (SSSR count). The van der Waals surface area contributed by atoms with Crippen molar-refractivity contribution in [2.75, 3.05) is 0 Å². The van der Waals surface area contributed by atoms with Crippen molar-refractivity contribution in [3.05, 3.63) is 58.1 Å². The van der Waals surface area contributed by atoms with Gasteiger partial charge in [0, 0.05) is 21.5 Å². The molecule has 4 nitrogen and oxygen atoms in total. The van der Waals surface area contributed by atoms with Gasteiger partial charge in [0.15, 0.2) is 0 Å². The molecule has 1 aromatic heterocycles. The van der Waals surface area contributed by atoms with Gasteiger partial charge in [0.25, 0.3) is 0 Å². The molecule has 0 aliphatic rings. The maximum absolute atomic E-state index is 12.1. The molecule has 0 amide bonds. The van der Waals surface area contributed by atoms with Crippen molar-refractivity contribution < 1.29 is 14.6 Å². The van der Waals surface area contributed by atoms with Gasteiger partial charge in [-0.15, -0.1) is 0 Å². The molecule has 0 aliphatic carbocycles. The summed E-state index contributed by atoms with van der Waals surface area (Å²) in [6, 6.07) is 11.1. The van der Waals surface area contributed by atoms with E-state index >= 15 is 0 Å². The molecule has 1 N–H and O–H groups in total. The number of rotatable bonds is 4. The molecule has 0 saturated carbocycles. The second-order valence-electron chi connectivity index (χ2n) is 6.57. The molecule has 3 aromatic rings. The van der Waals surface area contributed by atoms with Crippen molar-refractivity contribution in [1.82, 2.24) is 4.98 Å². The first-order valence-corrected chi connectivity index (χ1v) is 8.77. The van der Waals surface area contributed by atoms with E-state index in [1.54, 1.807) is 6.07 Å². The average molecular weight is 370 g/mol. The fourth-order valence-electron chi connectivity index (χ4n) is 2.95. The Kier molecular flexibility index (Phi) is 4.88. The molecule has 134 valence electrons. The number of aromatic nitrogens is 1. The monoisotopic (exact) mass is 369 g/mol. The fraction of sp³-hybridized carbons (Fsp3) is 0.238. The third-order valence-electron chi connectivity index (χ3n) is 4.27. The predicted octanol–water partition coefficient (Wildman–Crippen LogP) is 5.66. The van der Waals surface area contributed by atoms with E-state index in [-0.39, 0.29) is 17.5 Å². The molecular formula is C21H20ClNO3. The van der Waals surface area contributed by atoms with Crippen molar-refractivity contribution in [3.63, 3.8) is 0 Å². The first-order valence-electron chi connectivity index (χ1n) is 8.39. The summed E-state index contributed by atoms with van der Waals surface area (Å²) in [7, 11) is 0. The van der Waals surface area contributed by atoms with E-state index in [9.17, 15) is 9.90 Å². The highest BCUT2D eigenvalue weighted by molar-refractivity contribution is 6.34. The van der Waals surface area contributed by atoms with Gasteiger partial charge in [-0.25, -0.2) is 9.78 Å². The lowest BCUT2D eigenvalue weighted by Gasteiger charge is -2.18. The SMILES string of the molecule is Cc1cc2nc(OC(C)C)c(C(=O)O)c(-c3ccccc3Cl)c2cc1C. The quantitative estimate of drug-likeness (QED) is 0.644. The first kappa shape index (κ1) is 18.2. The lowest BCUT2D eigenvalue weighted by molar-refractivity contribution is 0.0690. The van der Waals surface area contributed by atoms with Crippen LogP contribution in [0.5, 0.6) is 5.88 Å². The van der Waals surface area contributed by atoms with Crippen molar-refractivity contribution in [2.24, 2.45) is 0 Å². The van der Waals surface area contributed by atoms with Gasteiger partial charge in [-0.05, 0) is 57.0 Å². The van der Waals surface area contributed by atoms with E-state index in [1.807, 2.05) is 58.0 Å². The van der Waals surface area contributed by atoms with Gasteiger partial charge in [-0.1, -0.05) is 29.8 Å². The topological polar surface area (TPSA) is 59.4 Å². The fourth-order valence-corrected chi connectivity index (χ4v) is 3.18. The minimum atomic E-state index is -1.09. The van der Waals surface area contributed by atoms with Crippen LogP contribution in [-0.2, 0) is 0 Å². The number of nitrogens with zero attached hydrogens (tertiary/aromatic N) is 1. The molecule has 0 fully saturated rings. The first-order chi connectivity index (χ1) is 12.3. The minimum absolute atomic E-state index is 0.0301. The van der Waals surface area contributed by atoms with Gasteiger partial charge in [-0.2, -0.15) is 0 Å². The number of hydrogen-bond donors (Lipinski definition) is 1. The third kappa shape index (κ3) is 3.25. The van der Waals surface area contributed by atoms with Crippen molar-refractivity contribution in [2.45, 2.75) is 33.8 Å². The number of ether oxygens (including phenoxy) is 1. The Morgan fingerprint density at radius 3 is 2.42 bits per heavy atom. The summed E-state index contributed by atoms with van der Waals surface area (Å²) in [6.07, 6.45) is -0.205. The number of carboxylic acid groups (broad SMARTS) is 1. The van der Waals surface area contributed by atoms with Gasteiger partial charge >= 0.3 is 5.97 Å². The van der Waals surface area contributed by atoms with Crippen LogP contribution in [0, 0.1) is 13.8 Å². The molecule has 0 saturated heterocycles. The van der Waals surface area contributed by atoms with Gasteiger partial charge in [0.2, 0.25) is 5.88 Å². The highest BCUT2D eigenvalue weighted by atomic mass is 35.5. The number of hydrogen-bond acceptors (Lipinski definition) is 3. The molecule has 0 unspecified atom stereocenters. The van der Waals surface area contributed by atoms with E-state index in [4.69, 9.17) is 16.3 Å². The summed E-state index contributed by atoms with van der Waals surface area (Å²) >= 11 is 6.41. The number of fused-ring (bicyclic) bond motifs is 1. The summed E-state index contributed by atoms with van der Waals surface area (Å²) in [4.78, 5) is 16.6. The lowest BCUT2D eigenvalue weighted by atomic mass is 9.93. The van der Waals surface area contributed by atoms with Crippen LogP contribution in [0.25, 0.3) is 22.0 Å². The number of aryl methyl sites for hydroxylation is 2. The zero-order valence-electron chi connectivity index (χ0n) is 15.1. The maximum atomic E-state index is 12.1. The Labute approximate surface area is 157 Å². The molecule has 26 heavy (non-hydrogen) atoms. The molecule has 2 aromatic carbocycles. The van der Waals surface area contributed by atoms with Crippen LogP contribution in [0.3, 0.4) is 0 Å². The van der Waals surface area contributed by atoms with E-state index in [1.165, 1.54) is 0 Å². The molecule has 0 atom stereocenters. The summed E-state index contributed by atoms with van der Waals surface area (Å²) in [5.41, 5.74) is 4.03. The smallest absolute Gasteiger partial charge is 0.341 e. The average Bonchev–Trinajstić information content (AvgIpc) is 2.55. The van der Waals surface area contributed by atoms with Crippen LogP contribution >= 0.6 is 11.6 Å². The van der Waals surface area contributed by atoms with Crippen LogP contribution < -0.4 is 4.74 Å². The van der Waals surface area contributed by atoms with Crippen molar-refractivity contribution in [1.29, 1.82) is 0 Å². The minimum Gasteiger partial charge on any atom is -0.477 e. The van der Waals surface area contributed by atoms with Crippen LogP contribution in [0.4, 0.5) is 0 Å². The predicted molar refractivity (Wildman–Crippen MR) is 104 cm³/mol. The van der Waals surface area contributed by atoms with E-state index in [0.29, 0.717) is 21.7 Å². The van der Waals surface area contributed by atoms with Gasteiger partial charge in [-0.3, -0.25) is 0 Å². The highest BCUT2D eigenvalue weighted by Gasteiger charge is 2.25. The number of aromatic carboxylic acids is 1. The Morgan fingerprint density at radius 2 is 1.81 bits per heavy atom. The molecule has 5 heteroatoms. The summed E-state index contributed by atoms with van der Waals surface area (Å²) in [5.74, 6) is -0.985. The Morgan fingerprint density at radius 1 is 1.15 bits per heavy atom. The van der Waals surface area contributed by atoms with Crippen molar-refractivity contribution >= 4 is 28.5 Å². The standard InChI is InChI=1S/C21H20ClNO3/c1-11(2)26-20-19(21(24)25)18(14-7-5-6-8-16(14)22)15-9-12(3)13(4)10-17(15)23-20/h5-11H,1-4H3,(H,24,25). The van der Waals surface area contributed by atoms with Crippen LogP contribution in [0.15, 0.2) is 36.4 Å². The second kappa shape index (κ2) is 6.96. The number of halogens is 1. The molecule has 0 spiro atoms. The molecule has 0 radical (unpaired) electrons.